The summed E-state index contributed by atoms with van der Waals surface area (Å²) in [5.41, 5.74) is 1.29. The van der Waals surface area contributed by atoms with Crippen molar-refractivity contribution in [3.8, 4) is 0 Å². The smallest absolute Gasteiger partial charge is 0.0434 e. The first-order valence-electron chi connectivity index (χ1n) is 5.13. The Labute approximate surface area is 95.2 Å². The van der Waals surface area contributed by atoms with Gasteiger partial charge in [-0.1, -0.05) is 30.3 Å². The molecule has 0 fully saturated rings. The van der Waals surface area contributed by atoms with E-state index >= 15 is 0 Å². The zero-order valence-corrected chi connectivity index (χ0v) is 9.37. The van der Waals surface area contributed by atoms with E-state index < -0.39 is 0 Å². The maximum atomic E-state index is 8.84. The minimum absolute atomic E-state index is 0.247. The molecule has 2 aromatic rings. The molecule has 1 nitrogen and oxygen atoms in total. The predicted octanol–water partition coefficient (Wildman–Crippen LogP) is 3.05. The van der Waals surface area contributed by atoms with Crippen LogP contribution in [0, 0.1) is 0 Å². The summed E-state index contributed by atoms with van der Waals surface area (Å²) in [6, 6.07) is 12.4. The molecule has 0 aliphatic heterocycles. The minimum atomic E-state index is 0.247. The van der Waals surface area contributed by atoms with Crippen LogP contribution in [0.1, 0.15) is 12.0 Å². The zero-order valence-electron chi connectivity index (χ0n) is 8.48. The number of benzene rings is 2. The summed E-state index contributed by atoms with van der Waals surface area (Å²) >= 11 is 4.44. The molecule has 1 N–H and O–H groups in total. The van der Waals surface area contributed by atoms with Gasteiger partial charge in [0.15, 0.2) is 0 Å². The number of fused-ring (bicyclic) bond motifs is 1. The summed E-state index contributed by atoms with van der Waals surface area (Å²) in [5, 5.41) is 11.3. The van der Waals surface area contributed by atoms with Gasteiger partial charge >= 0.3 is 0 Å². The SMILES string of the molecule is OCCCc1cccc2c(S)cccc12. The molecule has 0 atom stereocenters. The standard InChI is InChI=1S/C13H14OS/c14-9-3-5-10-4-1-7-12-11(10)6-2-8-13(12)15/h1-2,4,6-8,14-15H,3,5,9H2. The van der Waals surface area contributed by atoms with Crippen LogP contribution in [0.2, 0.25) is 0 Å². The van der Waals surface area contributed by atoms with Crippen LogP contribution in [0.5, 0.6) is 0 Å². The molecule has 0 aliphatic rings. The van der Waals surface area contributed by atoms with Gasteiger partial charge in [-0.15, -0.1) is 12.6 Å². The summed E-state index contributed by atoms with van der Waals surface area (Å²) in [4.78, 5) is 1.01. The fraction of sp³-hybridized carbons (Fsp3) is 0.231. The van der Waals surface area contributed by atoms with Gasteiger partial charge in [0.25, 0.3) is 0 Å². The van der Waals surface area contributed by atoms with Crippen molar-refractivity contribution in [2.24, 2.45) is 0 Å². The Balaban J connectivity index is 2.51. The number of thiol groups is 1. The predicted molar refractivity (Wildman–Crippen MR) is 66.6 cm³/mol. The Morgan fingerprint density at radius 1 is 1.00 bits per heavy atom. The number of aryl methyl sites for hydroxylation is 1. The molecule has 0 aromatic heterocycles. The molecule has 2 rings (SSSR count). The van der Waals surface area contributed by atoms with Gasteiger partial charge in [0.05, 0.1) is 0 Å². The van der Waals surface area contributed by atoms with Crippen LogP contribution in [-0.2, 0) is 6.42 Å². The highest BCUT2D eigenvalue weighted by atomic mass is 32.1. The third kappa shape index (κ3) is 2.16. The molecule has 0 unspecified atom stereocenters. The lowest BCUT2D eigenvalue weighted by molar-refractivity contribution is 0.289. The Bertz CT molecular complexity index is 465. The monoisotopic (exact) mass is 218 g/mol. The first-order valence-corrected chi connectivity index (χ1v) is 5.58. The third-order valence-electron chi connectivity index (χ3n) is 2.59. The molecule has 0 spiro atoms. The molecule has 0 heterocycles. The Hall–Kier alpha value is -0.990. The second-order valence-corrected chi connectivity index (χ2v) is 4.10. The quantitative estimate of drug-likeness (QED) is 0.759. The molecule has 2 heteroatoms. The van der Waals surface area contributed by atoms with Crippen LogP contribution < -0.4 is 0 Å². The summed E-state index contributed by atoms with van der Waals surface area (Å²) in [6.45, 7) is 0.247. The van der Waals surface area contributed by atoms with Crippen molar-refractivity contribution in [1.82, 2.24) is 0 Å². The second kappa shape index (κ2) is 4.69. The van der Waals surface area contributed by atoms with Gasteiger partial charge in [-0.3, -0.25) is 0 Å². The van der Waals surface area contributed by atoms with Gasteiger partial charge < -0.3 is 5.11 Å². The molecule has 78 valence electrons. The molecule has 0 saturated heterocycles. The minimum Gasteiger partial charge on any atom is -0.396 e. The average Bonchev–Trinajstić information content (AvgIpc) is 2.27. The molecule has 0 radical (unpaired) electrons. The van der Waals surface area contributed by atoms with E-state index in [9.17, 15) is 0 Å². The maximum Gasteiger partial charge on any atom is 0.0434 e. The number of rotatable bonds is 3. The Kier molecular flexibility index (Phi) is 3.29. The molecule has 0 aliphatic carbocycles. The highest BCUT2D eigenvalue weighted by molar-refractivity contribution is 7.80. The summed E-state index contributed by atoms with van der Waals surface area (Å²) in [7, 11) is 0. The Morgan fingerprint density at radius 2 is 1.73 bits per heavy atom. The van der Waals surface area contributed by atoms with Crippen molar-refractivity contribution < 1.29 is 5.11 Å². The van der Waals surface area contributed by atoms with Gasteiger partial charge in [-0.25, -0.2) is 0 Å². The van der Waals surface area contributed by atoms with Crippen molar-refractivity contribution in [3.63, 3.8) is 0 Å². The average molecular weight is 218 g/mol. The van der Waals surface area contributed by atoms with Crippen molar-refractivity contribution in [2.75, 3.05) is 6.61 Å². The molecule has 0 bridgehead atoms. The zero-order chi connectivity index (χ0) is 10.7. The van der Waals surface area contributed by atoms with E-state index in [1.54, 1.807) is 0 Å². The van der Waals surface area contributed by atoms with Crippen LogP contribution in [0.25, 0.3) is 10.8 Å². The summed E-state index contributed by atoms with van der Waals surface area (Å²) < 4.78 is 0. The van der Waals surface area contributed by atoms with Gasteiger partial charge in [-0.05, 0) is 35.2 Å². The Morgan fingerprint density at radius 3 is 2.53 bits per heavy atom. The fourth-order valence-corrected chi connectivity index (χ4v) is 2.13. The third-order valence-corrected chi connectivity index (χ3v) is 2.98. The van der Waals surface area contributed by atoms with E-state index in [4.69, 9.17) is 5.11 Å². The lowest BCUT2D eigenvalue weighted by Crippen LogP contribution is -1.91. The van der Waals surface area contributed by atoms with E-state index in [0.29, 0.717) is 0 Å². The molecular formula is C13H14OS. The van der Waals surface area contributed by atoms with Crippen LogP contribution in [-0.4, -0.2) is 11.7 Å². The van der Waals surface area contributed by atoms with E-state index in [2.05, 4.69) is 36.9 Å². The number of aliphatic hydroxyl groups excluding tert-OH is 1. The van der Waals surface area contributed by atoms with Gasteiger partial charge in [0.2, 0.25) is 0 Å². The van der Waals surface area contributed by atoms with Crippen molar-refractivity contribution in [1.29, 1.82) is 0 Å². The van der Waals surface area contributed by atoms with Crippen LogP contribution >= 0.6 is 12.6 Å². The highest BCUT2D eigenvalue weighted by Gasteiger charge is 2.02. The number of hydrogen-bond acceptors (Lipinski definition) is 2. The maximum absolute atomic E-state index is 8.84. The largest absolute Gasteiger partial charge is 0.396 e. The van der Waals surface area contributed by atoms with E-state index in [-0.39, 0.29) is 6.61 Å². The van der Waals surface area contributed by atoms with Crippen LogP contribution in [0.3, 0.4) is 0 Å². The first kappa shape index (κ1) is 10.5. The van der Waals surface area contributed by atoms with Gasteiger partial charge in [0, 0.05) is 11.5 Å². The topological polar surface area (TPSA) is 20.2 Å². The fourth-order valence-electron chi connectivity index (χ4n) is 1.85. The molecule has 15 heavy (non-hydrogen) atoms. The van der Waals surface area contributed by atoms with Crippen LogP contribution in [0.15, 0.2) is 41.3 Å². The van der Waals surface area contributed by atoms with Gasteiger partial charge in [0.1, 0.15) is 0 Å². The van der Waals surface area contributed by atoms with Gasteiger partial charge in [-0.2, -0.15) is 0 Å². The summed E-state index contributed by atoms with van der Waals surface area (Å²) in [6.07, 6.45) is 1.74. The highest BCUT2D eigenvalue weighted by Crippen LogP contribution is 2.25. The van der Waals surface area contributed by atoms with Crippen LogP contribution in [0.4, 0.5) is 0 Å². The number of hydrogen-bond donors (Lipinski definition) is 2. The molecule has 0 amide bonds. The molecule has 0 saturated carbocycles. The molecular weight excluding hydrogens is 204 g/mol. The number of aliphatic hydroxyl groups is 1. The normalized spacial score (nSPS) is 10.8. The summed E-state index contributed by atoms with van der Waals surface area (Å²) in [5.74, 6) is 0. The lowest BCUT2D eigenvalue weighted by atomic mass is 10.0. The molecule has 2 aromatic carbocycles. The van der Waals surface area contributed by atoms with E-state index in [1.165, 1.54) is 16.3 Å². The van der Waals surface area contributed by atoms with E-state index in [0.717, 1.165) is 17.7 Å². The lowest BCUT2D eigenvalue weighted by Gasteiger charge is -2.07. The van der Waals surface area contributed by atoms with Crippen molar-refractivity contribution in [3.05, 3.63) is 42.0 Å². The van der Waals surface area contributed by atoms with E-state index in [1.807, 2.05) is 12.1 Å². The second-order valence-electron chi connectivity index (χ2n) is 3.62. The van der Waals surface area contributed by atoms with Crippen molar-refractivity contribution in [2.45, 2.75) is 17.7 Å². The van der Waals surface area contributed by atoms with Crippen molar-refractivity contribution >= 4 is 23.4 Å². The first-order chi connectivity index (χ1) is 7.33.